The summed E-state index contributed by atoms with van der Waals surface area (Å²) in [5, 5.41) is 14.9. The van der Waals surface area contributed by atoms with Crippen molar-refractivity contribution in [2.24, 2.45) is 7.05 Å². The summed E-state index contributed by atoms with van der Waals surface area (Å²) in [6, 6.07) is 5.63. The van der Waals surface area contributed by atoms with Gasteiger partial charge in [0.2, 0.25) is 5.88 Å². The number of nitro benzene ring substituents is 1. The first-order valence-electron chi connectivity index (χ1n) is 5.86. The predicted octanol–water partition coefficient (Wildman–Crippen LogP) is 2.63. The highest BCUT2D eigenvalue weighted by atomic mass is 16.6. The molecule has 0 unspecified atom stereocenters. The number of hydrogen-bond acceptors (Lipinski definition) is 5. The van der Waals surface area contributed by atoms with E-state index in [2.05, 4.69) is 5.10 Å². The number of rotatable bonds is 4. The summed E-state index contributed by atoms with van der Waals surface area (Å²) in [6.45, 7) is 3.15. The van der Waals surface area contributed by atoms with Gasteiger partial charge in [0.05, 0.1) is 16.2 Å². The third-order valence-corrected chi connectivity index (χ3v) is 2.73. The Balaban J connectivity index is 2.43. The van der Waals surface area contributed by atoms with E-state index < -0.39 is 4.92 Å². The summed E-state index contributed by atoms with van der Waals surface area (Å²) in [5.41, 5.74) is 0.788. The van der Waals surface area contributed by atoms with Gasteiger partial charge in [-0.1, -0.05) is 0 Å². The maximum atomic E-state index is 11.6. The summed E-state index contributed by atoms with van der Waals surface area (Å²) < 4.78 is 7.14. The standard InChI is InChI=1S/C13H13N3O4/c1-8-6-13(15(3)14-8)20-12-5-4-10(16(18)19)7-11(12)9(2)17/h4-7H,1-3H3. The van der Waals surface area contributed by atoms with Crippen LogP contribution in [0.5, 0.6) is 11.6 Å². The second kappa shape index (κ2) is 5.12. The molecule has 1 heterocycles. The molecular formula is C13H13N3O4. The molecule has 2 rings (SSSR count). The van der Waals surface area contributed by atoms with Gasteiger partial charge in [0, 0.05) is 25.2 Å². The Hall–Kier alpha value is -2.70. The van der Waals surface area contributed by atoms with E-state index in [1.807, 2.05) is 6.92 Å². The number of hydrogen-bond donors (Lipinski definition) is 0. The van der Waals surface area contributed by atoms with E-state index in [-0.39, 0.29) is 22.8 Å². The lowest BCUT2D eigenvalue weighted by atomic mass is 10.1. The number of carbonyl (C=O) groups excluding carboxylic acids is 1. The van der Waals surface area contributed by atoms with Gasteiger partial charge in [-0.3, -0.25) is 14.9 Å². The molecule has 0 fully saturated rings. The number of nitrogens with zero attached hydrogens (tertiary/aromatic N) is 3. The number of ketones is 1. The summed E-state index contributed by atoms with van der Waals surface area (Å²) in [6.07, 6.45) is 0. The first kappa shape index (κ1) is 13.7. The van der Waals surface area contributed by atoms with Gasteiger partial charge in [-0.15, -0.1) is 0 Å². The van der Waals surface area contributed by atoms with Crippen LogP contribution in [0.3, 0.4) is 0 Å². The molecule has 0 bridgehead atoms. The third-order valence-electron chi connectivity index (χ3n) is 2.73. The molecule has 0 aliphatic rings. The largest absolute Gasteiger partial charge is 0.439 e. The van der Waals surface area contributed by atoms with Crippen LogP contribution < -0.4 is 4.74 Å². The second-order valence-electron chi connectivity index (χ2n) is 4.34. The molecule has 0 radical (unpaired) electrons. The van der Waals surface area contributed by atoms with Crippen LogP contribution in [0.1, 0.15) is 23.0 Å². The zero-order valence-corrected chi connectivity index (χ0v) is 11.3. The molecule has 1 aromatic carbocycles. The summed E-state index contributed by atoms with van der Waals surface area (Å²) >= 11 is 0. The van der Waals surface area contributed by atoms with Gasteiger partial charge in [0.1, 0.15) is 5.75 Å². The first-order valence-corrected chi connectivity index (χ1v) is 5.86. The van der Waals surface area contributed by atoms with Crippen molar-refractivity contribution < 1.29 is 14.5 Å². The quantitative estimate of drug-likeness (QED) is 0.486. The monoisotopic (exact) mass is 275 g/mol. The number of carbonyl (C=O) groups is 1. The summed E-state index contributed by atoms with van der Waals surface area (Å²) in [5.74, 6) is 0.424. The maximum absolute atomic E-state index is 11.6. The Morgan fingerprint density at radius 1 is 1.40 bits per heavy atom. The van der Waals surface area contributed by atoms with Crippen molar-refractivity contribution in [3.8, 4) is 11.6 Å². The van der Waals surface area contributed by atoms with Crippen molar-refractivity contribution in [1.29, 1.82) is 0 Å². The Morgan fingerprint density at radius 2 is 2.10 bits per heavy atom. The van der Waals surface area contributed by atoms with Crippen LogP contribution in [0.25, 0.3) is 0 Å². The third kappa shape index (κ3) is 2.66. The van der Waals surface area contributed by atoms with E-state index in [0.717, 1.165) is 5.69 Å². The van der Waals surface area contributed by atoms with Gasteiger partial charge in [-0.05, 0) is 19.9 Å². The Morgan fingerprint density at radius 3 is 2.60 bits per heavy atom. The van der Waals surface area contributed by atoms with Gasteiger partial charge in [0.25, 0.3) is 5.69 Å². The minimum Gasteiger partial charge on any atom is -0.439 e. The molecule has 0 saturated carbocycles. The topological polar surface area (TPSA) is 87.3 Å². The number of Topliss-reactive ketones (excluding diaryl/α,β-unsaturated/α-hetero) is 1. The molecule has 0 saturated heterocycles. The fourth-order valence-electron chi connectivity index (χ4n) is 1.79. The van der Waals surface area contributed by atoms with Gasteiger partial charge >= 0.3 is 0 Å². The molecule has 0 aliphatic heterocycles. The average molecular weight is 275 g/mol. The molecule has 0 aliphatic carbocycles. The van der Waals surface area contributed by atoms with Crippen LogP contribution in [-0.4, -0.2) is 20.5 Å². The van der Waals surface area contributed by atoms with Crippen LogP contribution in [0.2, 0.25) is 0 Å². The number of aryl methyl sites for hydroxylation is 2. The van der Waals surface area contributed by atoms with E-state index in [4.69, 9.17) is 4.74 Å². The number of benzene rings is 1. The molecule has 104 valence electrons. The molecule has 2 aromatic rings. The fourth-order valence-corrected chi connectivity index (χ4v) is 1.79. The van der Waals surface area contributed by atoms with Gasteiger partial charge in [-0.25, -0.2) is 4.68 Å². The lowest BCUT2D eigenvalue weighted by molar-refractivity contribution is -0.384. The minimum atomic E-state index is -0.551. The smallest absolute Gasteiger partial charge is 0.270 e. The van der Waals surface area contributed by atoms with Crippen molar-refractivity contribution in [3.05, 3.63) is 45.6 Å². The first-order chi connectivity index (χ1) is 9.38. The zero-order chi connectivity index (χ0) is 14.9. The van der Waals surface area contributed by atoms with Crippen LogP contribution in [0.4, 0.5) is 5.69 Å². The fraction of sp³-hybridized carbons (Fsp3) is 0.231. The zero-order valence-electron chi connectivity index (χ0n) is 11.3. The molecule has 0 N–H and O–H groups in total. The van der Waals surface area contributed by atoms with Crippen molar-refractivity contribution in [3.63, 3.8) is 0 Å². The summed E-state index contributed by atoms with van der Waals surface area (Å²) in [7, 11) is 1.71. The van der Waals surface area contributed by atoms with Gasteiger partial charge in [0.15, 0.2) is 5.78 Å². The Bertz CT molecular complexity index is 691. The molecule has 20 heavy (non-hydrogen) atoms. The van der Waals surface area contributed by atoms with E-state index in [1.165, 1.54) is 29.8 Å². The minimum absolute atomic E-state index is 0.149. The highest BCUT2D eigenvalue weighted by Crippen LogP contribution is 2.29. The number of ether oxygens (including phenoxy) is 1. The lowest BCUT2D eigenvalue weighted by Crippen LogP contribution is -2.01. The molecule has 0 spiro atoms. The molecule has 7 heteroatoms. The second-order valence-corrected chi connectivity index (χ2v) is 4.34. The van der Waals surface area contributed by atoms with Gasteiger partial charge in [-0.2, -0.15) is 5.10 Å². The van der Waals surface area contributed by atoms with E-state index in [9.17, 15) is 14.9 Å². The predicted molar refractivity (Wildman–Crippen MR) is 71.1 cm³/mol. The highest BCUT2D eigenvalue weighted by Gasteiger charge is 2.16. The van der Waals surface area contributed by atoms with Crippen molar-refractivity contribution in [2.75, 3.05) is 0 Å². The molecule has 0 atom stereocenters. The Kier molecular flexibility index (Phi) is 3.51. The van der Waals surface area contributed by atoms with E-state index in [1.54, 1.807) is 13.1 Å². The Labute approximate surface area is 114 Å². The average Bonchev–Trinajstić information content (AvgIpc) is 2.67. The van der Waals surface area contributed by atoms with Gasteiger partial charge < -0.3 is 4.74 Å². The SMILES string of the molecule is CC(=O)c1cc([N+](=O)[O-])ccc1Oc1cc(C)nn1C. The molecule has 0 amide bonds. The van der Waals surface area contributed by atoms with Crippen LogP contribution >= 0.6 is 0 Å². The van der Waals surface area contributed by atoms with Crippen molar-refractivity contribution in [1.82, 2.24) is 9.78 Å². The summed E-state index contributed by atoms with van der Waals surface area (Å²) in [4.78, 5) is 21.8. The number of nitro groups is 1. The normalized spacial score (nSPS) is 10.3. The van der Waals surface area contributed by atoms with E-state index >= 15 is 0 Å². The van der Waals surface area contributed by atoms with Crippen LogP contribution in [-0.2, 0) is 7.05 Å². The van der Waals surface area contributed by atoms with Crippen LogP contribution in [0.15, 0.2) is 24.3 Å². The highest BCUT2D eigenvalue weighted by molar-refractivity contribution is 5.97. The van der Waals surface area contributed by atoms with Crippen LogP contribution in [0, 0.1) is 17.0 Å². The number of aromatic nitrogens is 2. The van der Waals surface area contributed by atoms with Crippen molar-refractivity contribution in [2.45, 2.75) is 13.8 Å². The maximum Gasteiger partial charge on any atom is 0.270 e. The molecule has 1 aromatic heterocycles. The van der Waals surface area contributed by atoms with E-state index in [0.29, 0.717) is 5.88 Å². The molecule has 7 nitrogen and oxygen atoms in total. The lowest BCUT2D eigenvalue weighted by Gasteiger charge is -2.08. The molecular weight excluding hydrogens is 262 g/mol. The van der Waals surface area contributed by atoms with Crippen molar-refractivity contribution >= 4 is 11.5 Å². The number of non-ortho nitro benzene ring substituents is 1.